The molecule has 0 radical (unpaired) electrons. The van der Waals surface area contributed by atoms with Gasteiger partial charge in [-0.15, -0.1) is 0 Å². The number of hydrogen-bond acceptors (Lipinski definition) is 2. The normalized spacial score (nSPS) is 20.1. The lowest BCUT2D eigenvalue weighted by Gasteiger charge is -2.22. The minimum atomic E-state index is 0.310. The van der Waals surface area contributed by atoms with Crippen molar-refractivity contribution in [2.45, 2.75) is 32.1 Å². The summed E-state index contributed by atoms with van der Waals surface area (Å²) in [5.41, 5.74) is 1.05. The summed E-state index contributed by atoms with van der Waals surface area (Å²) in [6, 6.07) is 0. The summed E-state index contributed by atoms with van der Waals surface area (Å²) in [6.45, 7) is 4.19. The smallest absolute Gasteiger partial charge is 0.103 e. The molecule has 11 heavy (non-hydrogen) atoms. The summed E-state index contributed by atoms with van der Waals surface area (Å²) in [4.78, 5) is 4.06. The van der Waals surface area contributed by atoms with Crippen LogP contribution in [0.25, 0.3) is 0 Å². The van der Waals surface area contributed by atoms with E-state index in [2.05, 4.69) is 11.5 Å². The first kappa shape index (κ1) is 8.75. The Morgan fingerprint density at radius 1 is 1.36 bits per heavy atom. The van der Waals surface area contributed by atoms with Crippen LogP contribution in [0.5, 0.6) is 0 Å². The Labute approximate surface area is 67.8 Å². The third-order valence-corrected chi connectivity index (χ3v) is 2.43. The fourth-order valence-electron chi connectivity index (χ4n) is 1.71. The van der Waals surface area contributed by atoms with E-state index in [9.17, 15) is 0 Å². The summed E-state index contributed by atoms with van der Waals surface area (Å²) >= 11 is 0. The molecule has 64 valence electrons. The lowest BCUT2D eigenvalue weighted by atomic mass is 9.85. The Kier molecular flexibility index (Phi) is 3.60. The third-order valence-electron chi connectivity index (χ3n) is 2.43. The summed E-state index contributed by atoms with van der Waals surface area (Å²) in [6.07, 6.45) is 6.40. The van der Waals surface area contributed by atoms with Crippen molar-refractivity contribution in [3.63, 3.8) is 0 Å². The molecule has 1 N–H and O–H groups in total. The Hall–Kier alpha value is -0.340. The van der Waals surface area contributed by atoms with Gasteiger partial charge in [-0.1, -0.05) is 25.8 Å². The molecular formula is C9H16O2. The molecule has 0 amide bonds. The molecule has 0 heterocycles. The first-order valence-corrected chi connectivity index (χ1v) is 4.28. The van der Waals surface area contributed by atoms with Crippen LogP contribution < -0.4 is 0 Å². The van der Waals surface area contributed by atoms with E-state index in [1.54, 1.807) is 0 Å². The number of hydrogen-bond donors (Lipinski definition) is 1. The second kappa shape index (κ2) is 4.52. The SMILES string of the molecule is C=C(COO)C1CCCCC1. The molecule has 0 aromatic carbocycles. The van der Waals surface area contributed by atoms with Crippen LogP contribution in [0, 0.1) is 5.92 Å². The highest BCUT2D eigenvalue weighted by Gasteiger charge is 2.15. The third kappa shape index (κ3) is 2.64. The van der Waals surface area contributed by atoms with Crippen LogP contribution in [0.15, 0.2) is 12.2 Å². The largest absolute Gasteiger partial charge is 0.251 e. The van der Waals surface area contributed by atoms with Crippen molar-refractivity contribution in [3.8, 4) is 0 Å². The minimum absolute atomic E-state index is 0.310. The van der Waals surface area contributed by atoms with Gasteiger partial charge in [0.2, 0.25) is 0 Å². The summed E-state index contributed by atoms with van der Waals surface area (Å²) in [5, 5.41) is 8.21. The van der Waals surface area contributed by atoms with E-state index in [-0.39, 0.29) is 0 Å². The highest BCUT2D eigenvalue weighted by atomic mass is 17.1. The Balaban J connectivity index is 2.27. The van der Waals surface area contributed by atoms with Crippen LogP contribution in [0.3, 0.4) is 0 Å². The zero-order valence-electron chi connectivity index (χ0n) is 6.88. The lowest BCUT2D eigenvalue weighted by molar-refractivity contribution is -0.235. The average Bonchev–Trinajstić information content (AvgIpc) is 2.07. The molecule has 0 unspecified atom stereocenters. The van der Waals surface area contributed by atoms with E-state index in [0.717, 1.165) is 5.57 Å². The highest BCUT2D eigenvalue weighted by Crippen LogP contribution is 2.28. The van der Waals surface area contributed by atoms with Gasteiger partial charge in [-0.2, -0.15) is 0 Å². The molecule has 1 rings (SSSR count). The molecule has 0 aromatic heterocycles. The van der Waals surface area contributed by atoms with Gasteiger partial charge in [0.15, 0.2) is 0 Å². The zero-order valence-corrected chi connectivity index (χ0v) is 6.88. The minimum Gasteiger partial charge on any atom is -0.251 e. The monoisotopic (exact) mass is 156 g/mol. The molecule has 0 spiro atoms. The quantitative estimate of drug-likeness (QED) is 0.386. The molecular weight excluding hydrogens is 140 g/mol. The standard InChI is InChI=1S/C9H16O2/c1-8(7-11-10)9-5-3-2-4-6-9/h9-10H,1-7H2. The summed E-state index contributed by atoms with van der Waals surface area (Å²) in [5.74, 6) is 0.593. The van der Waals surface area contributed by atoms with Crippen molar-refractivity contribution in [3.05, 3.63) is 12.2 Å². The van der Waals surface area contributed by atoms with Crippen LogP contribution in [-0.4, -0.2) is 11.9 Å². The second-order valence-corrected chi connectivity index (χ2v) is 3.27. The molecule has 2 nitrogen and oxygen atoms in total. The van der Waals surface area contributed by atoms with Crippen molar-refractivity contribution < 1.29 is 10.1 Å². The van der Waals surface area contributed by atoms with Gasteiger partial charge >= 0.3 is 0 Å². The summed E-state index contributed by atoms with van der Waals surface area (Å²) in [7, 11) is 0. The van der Waals surface area contributed by atoms with Gasteiger partial charge in [-0.05, 0) is 24.3 Å². The van der Waals surface area contributed by atoms with Gasteiger partial charge in [0.1, 0.15) is 6.61 Å². The van der Waals surface area contributed by atoms with E-state index in [4.69, 9.17) is 5.26 Å². The van der Waals surface area contributed by atoms with Crippen LogP contribution in [0.1, 0.15) is 32.1 Å². The van der Waals surface area contributed by atoms with E-state index in [1.807, 2.05) is 0 Å². The van der Waals surface area contributed by atoms with E-state index >= 15 is 0 Å². The molecule has 1 aliphatic carbocycles. The van der Waals surface area contributed by atoms with E-state index < -0.39 is 0 Å². The van der Waals surface area contributed by atoms with E-state index in [0.29, 0.717) is 12.5 Å². The van der Waals surface area contributed by atoms with Crippen molar-refractivity contribution in [2.24, 2.45) is 5.92 Å². The summed E-state index contributed by atoms with van der Waals surface area (Å²) < 4.78 is 0. The van der Waals surface area contributed by atoms with Crippen LogP contribution in [0.2, 0.25) is 0 Å². The highest BCUT2D eigenvalue weighted by molar-refractivity contribution is 5.01. The predicted molar refractivity (Wildman–Crippen MR) is 44.3 cm³/mol. The molecule has 1 saturated carbocycles. The lowest BCUT2D eigenvalue weighted by Crippen LogP contribution is -2.11. The van der Waals surface area contributed by atoms with Crippen LogP contribution >= 0.6 is 0 Å². The predicted octanol–water partition coefficient (Wildman–Crippen LogP) is 2.61. The maximum atomic E-state index is 8.21. The topological polar surface area (TPSA) is 29.5 Å². The van der Waals surface area contributed by atoms with Gasteiger partial charge in [0, 0.05) is 0 Å². The molecule has 1 fully saturated rings. The fraction of sp³-hybridized carbons (Fsp3) is 0.778. The van der Waals surface area contributed by atoms with Crippen molar-refractivity contribution in [1.82, 2.24) is 0 Å². The maximum Gasteiger partial charge on any atom is 0.103 e. The molecule has 1 aliphatic rings. The zero-order chi connectivity index (χ0) is 8.10. The van der Waals surface area contributed by atoms with Crippen LogP contribution in [0.4, 0.5) is 0 Å². The van der Waals surface area contributed by atoms with Crippen molar-refractivity contribution in [2.75, 3.05) is 6.61 Å². The Bertz CT molecular complexity index is 126. The fourth-order valence-corrected chi connectivity index (χ4v) is 1.71. The van der Waals surface area contributed by atoms with Crippen LogP contribution in [-0.2, 0) is 4.89 Å². The first-order chi connectivity index (χ1) is 5.34. The average molecular weight is 156 g/mol. The van der Waals surface area contributed by atoms with E-state index in [1.165, 1.54) is 32.1 Å². The van der Waals surface area contributed by atoms with Crippen molar-refractivity contribution in [1.29, 1.82) is 0 Å². The Morgan fingerprint density at radius 3 is 2.55 bits per heavy atom. The van der Waals surface area contributed by atoms with Gasteiger partial charge in [0.05, 0.1) is 0 Å². The maximum absolute atomic E-state index is 8.21. The molecule has 0 bridgehead atoms. The second-order valence-electron chi connectivity index (χ2n) is 3.27. The molecule has 0 aromatic rings. The van der Waals surface area contributed by atoms with Crippen molar-refractivity contribution >= 4 is 0 Å². The first-order valence-electron chi connectivity index (χ1n) is 4.28. The Morgan fingerprint density at radius 2 is 2.00 bits per heavy atom. The molecule has 0 atom stereocenters. The molecule has 2 heteroatoms. The number of rotatable bonds is 3. The van der Waals surface area contributed by atoms with Gasteiger partial charge in [0.25, 0.3) is 0 Å². The van der Waals surface area contributed by atoms with Gasteiger partial charge < -0.3 is 0 Å². The molecule has 0 saturated heterocycles. The van der Waals surface area contributed by atoms with Gasteiger partial charge in [-0.3, -0.25) is 5.26 Å². The molecule has 0 aliphatic heterocycles. The van der Waals surface area contributed by atoms with Gasteiger partial charge in [-0.25, -0.2) is 4.89 Å².